The van der Waals surface area contributed by atoms with Gasteiger partial charge in [0, 0.05) is 17.2 Å². The van der Waals surface area contributed by atoms with Gasteiger partial charge in [0.1, 0.15) is 11.6 Å². The van der Waals surface area contributed by atoms with E-state index in [-0.39, 0.29) is 24.2 Å². The summed E-state index contributed by atoms with van der Waals surface area (Å²) in [7, 11) is 1.69. The molecule has 8 heteroatoms. The molecule has 6 nitrogen and oxygen atoms in total. The number of carbonyl (C=O) groups is 2. The predicted octanol–water partition coefficient (Wildman–Crippen LogP) is 2.56. The minimum absolute atomic E-state index is 0.0445. The van der Waals surface area contributed by atoms with Gasteiger partial charge in [-0.3, -0.25) is 14.5 Å². The fraction of sp³-hybridized carbons (Fsp3) is 0.278. The molecule has 0 fully saturated rings. The van der Waals surface area contributed by atoms with Crippen molar-refractivity contribution in [3.8, 4) is 0 Å². The van der Waals surface area contributed by atoms with E-state index in [1.54, 1.807) is 49.3 Å². The minimum Gasteiger partial charge on any atom is -0.351 e. The van der Waals surface area contributed by atoms with Crippen LogP contribution in [0.4, 0.5) is 10.2 Å². The number of pyridine rings is 1. The van der Waals surface area contributed by atoms with Crippen LogP contribution in [0.3, 0.4) is 0 Å². The van der Waals surface area contributed by atoms with Crippen LogP contribution in [0.2, 0.25) is 0 Å². The first-order valence-electron chi connectivity index (χ1n) is 7.99. The molecule has 0 aliphatic carbocycles. The lowest BCUT2D eigenvalue weighted by Crippen LogP contribution is -2.45. The molecule has 0 bridgehead atoms. The van der Waals surface area contributed by atoms with Gasteiger partial charge in [0.05, 0.1) is 12.6 Å². The Labute approximate surface area is 159 Å². The molecule has 1 aromatic heterocycles. The number of carbonyl (C=O) groups excluding carboxylic acids is 2. The third kappa shape index (κ3) is 6.20. The van der Waals surface area contributed by atoms with Crippen molar-refractivity contribution < 1.29 is 14.0 Å². The third-order valence-electron chi connectivity index (χ3n) is 3.81. The maximum absolute atomic E-state index is 12.9. The van der Waals surface area contributed by atoms with E-state index < -0.39 is 6.04 Å². The SMILES string of the molecule is CC(C(=O)NCc1ccc(F)cc1)N(C)CC(=O)Nc1ccc(Br)cn1. The van der Waals surface area contributed by atoms with Crippen LogP contribution in [-0.2, 0) is 16.1 Å². The van der Waals surface area contributed by atoms with Gasteiger partial charge in [0.25, 0.3) is 0 Å². The predicted molar refractivity (Wildman–Crippen MR) is 101 cm³/mol. The summed E-state index contributed by atoms with van der Waals surface area (Å²) >= 11 is 3.28. The Hall–Kier alpha value is -2.32. The summed E-state index contributed by atoms with van der Waals surface area (Å²) in [5, 5.41) is 5.45. The number of anilines is 1. The molecule has 1 aromatic carbocycles. The number of nitrogens with zero attached hydrogens (tertiary/aromatic N) is 2. The highest BCUT2D eigenvalue weighted by Gasteiger charge is 2.20. The molecule has 2 rings (SSSR count). The van der Waals surface area contributed by atoms with Gasteiger partial charge in [0.15, 0.2) is 0 Å². The summed E-state index contributed by atoms with van der Waals surface area (Å²) in [5.41, 5.74) is 0.800. The number of hydrogen-bond acceptors (Lipinski definition) is 4. The molecule has 0 aliphatic rings. The van der Waals surface area contributed by atoms with Gasteiger partial charge in [-0.15, -0.1) is 0 Å². The van der Waals surface area contributed by atoms with Gasteiger partial charge >= 0.3 is 0 Å². The smallest absolute Gasteiger partial charge is 0.239 e. The second-order valence-electron chi connectivity index (χ2n) is 5.85. The first-order chi connectivity index (χ1) is 12.3. The summed E-state index contributed by atoms with van der Waals surface area (Å²) in [6.07, 6.45) is 1.59. The number of nitrogens with one attached hydrogen (secondary N) is 2. The topological polar surface area (TPSA) is 74.3 Å². The van der Waals surface area contributed by atoms with E-state index in [0.29, 0.717) is 12.4 Å². The Bertz CT molecular complexity index is 753. The summed E-state index contributed by atoms with van der Waals surface area (Å²) in [6, 6.07) is 8.87. The molecule has 0 saturated heterocycles. The second-order valence-corrected chi connectivity index (χ2v) is 6.76. The molecule has 2 aromatic rings. The van der Waals surface area contributed by atoms with Crippen molar-refractivity contribution in [3.05, 3.63) is 58.4 Å². The van der Waals surface area contributed by atoms with E-state index in [9.17, 15) is 14.0 Å². The van der Waals surface area contributed by atoms with Crippen molar-refractivity contribution in [2.45, 2.75) is 19.5 Å². The molecule has 1 unspecified atom stereocenters. The lowest BCUT2D eigenvalue weighted by atomic mass is 10.2. The fourth-order valence-electron chi connectivity index (χ4n) is 2.13. The second kappa shape index (κ2) is 9.40. The molecule has 26 heavy (non-hydrogen) atoms. The maximum Gasteiger partial charge on any atom is 0.239 e. The largest absolute Gasteiger partial charge is 0.351 e. The van der Waals surface area contributed by atoms with Gasteiger partial charge in [-0.2, -0.15) is 0 Å². The molecule has 1 atom stereocenters. The third-order valence-corrected chi connectivity index (χ3v) is 4.28. The van der Waals surface area contributed by atoms with Gasteiger partial charge in [-0.25, -0.2) is 9.37 Å². The van der Waals surface area contributed by atoms with E-state index in [1.165, 1.54) is 12.1 Å². The van der Waals surface area contributed by atoms with Crippen molar-refractivity contribution >= 4 is 33.6 Å². The van der Waals surface area contributed by atoms with Crippen LogP contribution >= 0.6 is 15.9 Å². The van der Waals surface area contributed by atoms with Crippen molar-refractivity contribution in [3.63, 3.8) is 0 Å². The number of amides is 2. The highest BCUT2D eigenvalue weighted by atomic mass is 79.9. The number of aromatic nitrogens is 1. The molecule has 0 saturated carbocycles. The molecule has 0 spiro atoms. The number of hydrogen-bond donors (Lipinski definition) is 2. The van der Waals surface area contributed by atoms with Crippen molar-refractivity contribution in [1.29, 1.82) is 0 Å². The van der Waals surface area contributed by atoms with Crippen LogP contribution in [0.15, 0.2) is 47.1 Å². The molecule has 1 heterocycles. The van der Waals surface area contributed by atoms with E-state index in [2.05, 4.69) is 31.5 Å². The molecule has 0 radical (unpaired) electrons. The Balaban J connectivity index is 1.80. The molecule has 0 aliphatic heterocycles. The average Bonchev–Trinajstić information content (AvgIpc) is 2.62. The molecule has 2 N–H and O–H groups in total. The standard InChI is InChI=1S/C18H20BrFN4O2/c1-12(18(26)22-9-13-3-6-15(20)7-4-13)24(2)11-17(25)23-16-8-5-14(19)10-21-16/h3-8,10,12H,9,11H2,1-2H3,(H,22,26)(H,21,23,25). The van der Waals surface area contributed by atoms with Gasteiger partial charge < -0.3 is 10.6 Å². The monoisotopic (exact) mass is 422 g/mol. The normalized spacial score (nSPS) is 11.9. The van der Waals surface area contributed by atoms with Crippen LogP contribution in [0, 0.1) is 5.82 Å². The first-order valence-corrected chi connectivity index (χ1v) is 8.78. The summed E-state index contributed by atoms with van der Waals surface area (Å²) in [5.74, 6) is -0.355. The molecule has 138 valence electrons. The lowest BCUT2D eigenvalue weighted by molar-refractivity contribution is -0.126. The molecular formula is C18H20BrFN4O2. The van der Waals surface area contributed by atoms with Crippen LogP contribution in [-0.4, -0.2) is 41.3 Å². The van der Waals surface area contributed by atoms with Crippen molar-refractivity contribution in [2.24, 2.45) is 0 Å². The zero-order valence-electron chi connectivity index (χ0n) is 14.5. The van der Waals surface area contributed by atoms with E-state index in [1.807, 2.05) is 0 Å². The number of rotatable bonds is 7. The van der Waals surface area contributed by atoms with E-state index in [0.717, 1.165) is 10.0 Å². The quantitative estimate of drug-likeness (QED) is 0.718. The Morgan fingerprint density at radius 1 is 1.23 bits per heavy atom. The van der Waals surface area contributed by atoms with E-state index in [4.69, 9.17) is 0 Å². The number of benzene rings is 1. The first kappa shape index (κ1) is 20.0. The lowest BCUT2D eigenvalue weighted by Gasteiger charge is -2.23. The Morgan fingerprint density at radius 3 is 2.54 bits per heavy atom. The highest BCUT2D eigenvalue weighted by Crippen LogP contribution is 2.10. The van der Waals surface area contributed by atoms with Gasteiger partial charge in [-0.1, -0.05) is 12.1 Å². The maximum atomic E-state index is 12.9. The minimum atomic E-state index is -0.501. The highest BCUT2D eigenvalue weighted by molar-refractivity contribution is 9.10. The Morgan fingerprint density at radius 2 is 1.92 bits per heavy atom. The summed E-state index contributed by atoms with van der Waals surface area (Å²) in [6.45, 7) is 2.06. The zero-order chi connectivity index (χ0) is 19.1. The van der Waals surface area contributed by atoms with Crippen LogP contribution in [0.25, 0.3) is 0 Å². The van der Waals surface area contributed by atoms with Crippen LogP contribution in [0.5, 0.6) is 0 Å². The van der Waals surface area contributed by atoms with Gasteiger partial charge in [-0.05, 0) is 59.7 Å². The average molecular weight is 423 g/mol. The zero-order valence-corrected chi connectivity index (χ0v) is 16.1. The Kier molecular flexibility index (Phi) is 7.23. The number of likely N-dealkylation sites (N-methyl/N-ethyl adjacent to an activating group) is 1. The summed E-state index contributed by atoms with van der Waals surface area (Å²) < 4.78 is 13.7. The number of halogens is 2. The molecular weight excluding hydrogens is 403 g/mol. The van der Waals surface area contributed by atoms with E-state index >= 15 is 0 Å². The van der Waals surface area contributed by atoms with Crippen LogP contribution < -0.4 is 10.6 Å². The van der Waals surface area contributed by atoms with Crippen molar-refractivity contribution in [1.82, 2.24) is 15.2 Å². The fourth-order valence-corrected chi connectivity index (χ4v) is 2.37. The summed E-state index contributed by atoms with van der Waals surface area (Å²) in [4.78, 5) is 30.0. The van der Waals surface area contributed by atoms with Crippen LogP contribution in [0.1, 0.15) is 12.5 Å². The van der Waals surface area contributed by atoms with Crippen molar-refractivity contribution in [2.75, 3.05) is 18.9 Å². The van der Waals surface area contributed by atoms with Gasteiger partial charge in [0.2, 0.25) is 11.8 Å². The molecule has 2 amide bonds.